The lowest BCUT2D eigenvalue weighted by molar-refractivity contribution is 0.0901. The number of nitrogens with one attached hydrogen (secondary N) is 1. The van der Waals surface area contributed by atoms with E-state index in [1.807, 2.05) is 24.3 Å². The highest BCUT2D eigenvalue weighted by molar-refractivity contribution is 6.30. The molecule has 0 radical (unpaired) electrons. The van der Waals surface area contributed by atoms with Crippen LogP contribution in [0.3, 0.4) is 0 Å². The molecule has 0 bridgehead atoms. The SMILES string of the molecule is O=C(NC1CCN(Cc2ccccc2)CC1)c1cc(-c2ccc(F)cc2)nc2cc(-c3ccc(Cl)cc3)nn12. The highest BCUT2D eigenvalue weighted by atomic mass is 35.5. The molecule has 0 spiro atoms. The Hall–Kier alpha value is -4.07. The van der Waals surface area contributed by atoms with Gasteiger partial charge in [-0.15, -0.1) is 0 Å². The molecule has 1 fully saturated rings. The van der Waals surface area contributed by atoms with E-state index in [-0.39, 0.29) is 17.8 Å². The van der Waals surface area contributed by atoms with E-state index < -0.39 is 0 Å². The lowest BCUT2D eigenvalue weighted by Gasteiger charge is -2.32. The summed E-state index contributed by atoms with van der Waals surface area (Å²) < 4.78 is 15.2. The third-order valence-electron chi connectivity index (χ3n) is 7.11. The number of halogens is 2. The number of nitrogens with zero attached hydrogens (tertiary/aromatic N) is 4. The number of likely N-dealkylation sites (tertiary alicyclic amines) is 1. The molecule has 8 heteroatoms. The van der Waals surface area contributed by atoms with Gasteiger partial charge >= 0.3 is 0 Å². The number of piperidine rings is 1. The van der Waals surface area contributed by atoms with Crippen LogP contribution >= 0.6 is 11.6 Å². The number of amides is 1. The Morgan fingerprint density at radius 1 is 0.897 bits per heavy atom. The van der Waals surface area contributed by atoms with Gasteiger partial charge in [-0.1, -0.05) is 54.1 Å². The van der Waals surface area contributed by atoms with Crippen molar-refractivity contribution in [2.24, 2.45) is 0 Å². The van der Waals surface area contributed by atoms with Crippen LogP contribution in [0.15, 0.2) is 91.0 Å². The summed E-state index contributed by atoms with van der Waals surface area (Å²) in [5.41, 5.74) is 5.05. The maximum atomic E-state index is 13.6. The Kier molecular flexibility index (Phi) is 7.09. The lowest BCUT2D eigenvalue weighted by atomic mass is 10.0. The van der Waals surface area contributed by atoms with Crippen molar-refractivity contribution >= 4 is 23.2 Å². The number of hydrogen-bond acceptors (Lipinski definition) is 4. The lowest BCUT2D eigenvalue weighted by Crippen LogP contribution is -2.44. The van der Waals surface area contributed by atoms with Gasteiger partial charge in [0.05, 0.1) is 11.4 Å². The topological polar surface area (TPSA) is 62.5 Å². The summed E-state index contributed by atoms with van der Waals surface area (Å²) >= 11 is 6.07. The third kappa shape index (κ3) is 5.70. The Balaban J connectivity index is 1.26. The van der Waals surface area contributed by atoms with Crippen molar-refractivity contribution in [3.05, 3.63) is 113 Å². The fourth-order valence-electron chi connectivity index (χ4n) is 5.00. The first-order chi connectivity index (χ1) is 19.0. The van der Waals surface area contributed by atoms with Crippen molar-refractivity contribution < 1.29 is 9.18 Å². The van der Waals surface area contributed by atoms with E-state index >= 15 is 0 Å². The first-order valence-corrected chi connectivity index (χ1v) is 13.4. The zero-order valence-electron chi connectivity index (χ0n) is 21.2. The van der Waals surface area contributed by atoms with Crippen LogP contribution in [0, 0.1) is 5.82 Å². The van der Waals surface area contributed by atoms with E-state index in [9.17, 15) is 9.18 Å². The van der Waals surface area contributed by atoms with Crippen LogP contribution in [0.4, 0.5) is 4.39 Å². The molecule has 0 aliphatic carbocycles. The van der Waals surface area contributed by atoms with E-state index in [0.29, 0.717) is 27.8 Å². The Labute approximate surface area is 231 Å². The Bertz CT molecular complexity index is 1590. The highest BCUT2D eigenvalue weighted by Crippen LogP contribution is 2.25. The van der Waals surface area contributed by atoms with Gasteiger partial charge in [-0.2, -0.15) is 5.10 Å². The first-order valence-electron chi connectivity index (χ1n) is 13.0. The van der Waals surface area contributed by atoms with Gasteiger partial charge in [0.1, 0.15) is 11.5 Å². The van der Waals surface area contributed by atoms with E-state index in [0.717, 1.165) is 43.6 Å². The molecule has 2 aromatic heterocycles. The molecule has 3 heterocycles. The average Bonchev–Trinajstić information content (AvgIpc) is 3.39. The van der Waals surface area contributed by atoms with Crippen molar-refractivity contribution in [3.63, 3.8) is 0 Å². The molecule has 6 nitrogen and oxygen atoms in total. The molecule has 1 amide bonds. The van der Waals surface area contributed by atoms with Crippen LogP contribution < -0.4 is 5.32 Å². The minimum Gasteiger partial charge on any atom is -0.348 e. The highest BCUT2D eigenvalue weighted by Gasteiger charge is 2.24. The maximum absolute atomic E-state index is 13.6. The molecule has 1 aliphatic rings. The van der Waals surface area contributed by atoms with Crippen LogP contribution in [0.25, 0.3) is 28.2 Å². The summed E-state index contributed by atoms with van der Waals surface area (Å²) in [4.78, 5) is 20.8. The predicted octanol–water partition coefficient (Wildman–Crippen LogP) is 6.25. The Morgan fingerprint density at radius 3 is 2.28 bits per heavy atom. The van der Waals surface area contributed by atoms with E-state index in [4.69, 9.17) is 21.7 Å². The largest absolute Gasteiger partial charge is 0.348 e. The normalized spacial score (nSPS) is 14.5. The standard InChI is InChI=1S/C31H27ClFN5O/c32-24-10-6-23(7-11-24)28-19-30-35-27(22-8-12-25(33)13-9-22)18-29(38(30)36-28)31(39)34-26-14-16-37(17-15-26)20-21-4-2-1-3-5-21/h1-13,18-19,26H,14-17,20H2,(H,34,39). The number of hydrogen-bond donors (Lipinski definition) is 1. The second kappa shape index (κ2) is 11.0. The molecule has 39 heavy (non-hydrogen) atoms. The molecule has 1 aliphatic heterocycles. The van der Waals surface area contributed by atoms with E-state index in [2.05, 4.69) is 34.5 Å². The van der Waals surface area contributed by atoms with E-state index in [1.54, 1.807) is 34.8 Å². The molecule has 6 rings (SSSR count). The minimum absolute atomic E-state index is 0.0632. The summed E-state index contributed by atoms with van der Waals surface area (Å²) in [6.07, 6.45) is 1.74. The van der Waals surface area contributed by atoms with Gasteiger partial charge in [-0.05, 0) is 60.9 Å². The van der Waals surface area contributed by atoms with Crippen molar-refractivity contribution in [3.8, 4) is 22.5 Å². The number of aromatic nitrogens is 3. The second-order valence-corrected chi connectivity index (χ2v) is 10.3. The molecule has 0 saturated carbocycles. The molecule has 0 unspecified atom stereocenters. The summed E-state index contributed by atoms with van der Waals surface area (Å²) in [7, 11) is 0. The maximum Gasteiger partial charge on any atom is 0.270 e. The number of rotatable bonds is 6. The van der Waals surface area contributed by atoms with Crippen LogP contribution in [0.5, 0.6) is 0 Å². The fourth-order valence-corrected chi connectivity index (χ4v) is 5.13. The zero-order valence-corrected chi connectivity index (χ0v) is 22.0. The van der Waals surface area contributed by atoms with Gasteiger partial charge < -0.3 is 5.32 Å². The fraction of sp³-hybridized carbons (Fsp3) is 0.194. The monoisotopic (exact) mass is 539 g/mol. The van der Waals surface area contributed by atoms with Crippen molar-refractivity contribution in [1.82, 2.24) is 24.8 Å². The van der Waals surface area contributed by atoms with E-state index in [1.165, 1.54) is 17.7 Å². The summed E-state index contributed by atoms with van der Waals surface area (Å²) in [5, 5.41) is 8.57. The molecular formula is C31H27ClFN5O. The number of carbonyl (C=O) groups is 1. The molecule has 5 aromatic rings. The van der Waals surface area contributed by atoms with Crippen LogP contribution in [-0.4, -0.2) is 44.5 Å². The smallest absolute Gasteiger partial charge is 0.270 e. The number of carbonyl (C=O) groups excluding carboxylic acids is 1. The second-order valence-electron chi connectivity index (χ2n) is 9.85. The summed E-state index contributed by atoms with van der Waals surface area (Å²) in [6, 6.07) is 27.5. The minimum atomic E-state index is -0.328. The number of benzene rings is 3. The van der Waals surface area contributed by atoms with Crippen LogP contribution in [0.2, 0.25) is 5.02 Å². The molecular weight excluding hydrogens is 513 g/mol. The van der Waals surface area contributed by atoms with Gasteiger partial charge in [0.15, 0.2) is 5.65 Å². The molecule has 1 saturated heterocycles. The summed E-state index contributed by atoms with van der Waals surface area (Å²) in [5.74, 6) is -0.538. The van der Waals surface area contributed by atoms with Gasteiger partial charge in [0.2, 0.25) is 0 Å². The number of fused-ring (bicyclic) bond motifs is 1. The molecule has 0 atom stereocenters. The van der Waals surface area contributed by atoms with Gasteiger partial charge in [0, 0.05) is 47.9 Å². The van der Waals surface area contributed by atoms with Gasteiger partial charge in [-0.25, -0.2) is 13.9 Å². The average molecular weight is 540 g/mol. The van der Waals surface area contributed by atoms with Gasteiger partial charge in [0.25, 0.3) is 5.91 Å². The van der Waals surface area contributed by atoms with Gasteiger partial charge in [-0.3, -0.25) is 9.69 Å². The first kappa shape index (κ1) is 25.2. The van der Waals surface area contributed by atoms with Crippen molar-refractivity contribution in [2.75, 3.05) is 13.1 Å². The van der Waals surface area contributed by atoms with Crippen molar-refractivity contribution in [1.29, 1.82) is 0 Å². The summed E-state index contributed by atoms with van der Waals surface area (Å²) in [6.45, 7) is 2.73. The molecule has 196 valence electrons. The third-order valence-corrected chi connectivity index (χ3v) is 7.36. The molecule has 3 aromatic carbocycles. The Morgan fingerprint density at radius 2 is 1.56 bits per heavy atom. The molecule has 1 N–H and O–H groups in total. The van der Waals surface area contributed by atoms with Crippen LogP contribution in [-0.2, 0) is 6.54 Å². The predicted molar refractivity (Wildman–Crippen MR) is 151 cm³/mol. The van der Waals surface area contributed by atoms with Crippen LogP contribution in [0.1, 0.15) is 28.9 Å². The van der Waals surface area contributed by atoms with Crippen molar-refractivity contribution in [2.45, 2.75) is 25.4 Å². The zero-order chi connectivity index (χ0) is 26.8. The quantitative estimate of drug-likeness (QED) is 0.277.